The maximum Gasteiger partial charge on any atom is 0.381 e. The molecule has 8 nitrogen and oxygen atoms in total. The number of nitro groups is 1. The van der Waals surface area contributed by atoms with Crippen molar-refractivity contribution in [2.75, 3.05) is 5.32 Å². The fourth-order valence-electron chi connectivity index (χ4n) is 3.08. The minimum atomic E-state index is -0.537. The zero-order chi connectivity index (χ0) is 19.6. The van der Waals surface area contributed by atoms with Gasteiger partial charge in [0.2, 0.25) is 11.7 Å². The Bertz CT molecular complexity index is 987. The molecule has 3 rings (SSSR count). The Morgan fingerprint density at radius 3 is 2.74 bits per heavy atom. The van der Waals surface area contributed by atoms with E-state index in [2.05, 4.69) is 34.9 Å². The van der Waals surface area contributed by atoms with Crippen LogP contribution in [0.1, 0.15) is 26.1 Å². The number of nitrogens with one attached hydrogen (secondary N) is 1. The van der Waals surface area contributed by atoms with Gasteiger partial charge in [-0.2, -0.15) is 0 Å². The van der Waals surface area contributed by atoms with Crippen molar-refractivity contribution in [3.05, 3.63) is 52.6 Å². The average molecular weight is 369 g/mol. The van der Waals surface area contributed by atoms with E-state index in [1.54, 1.807) is 11.5 Å². The Labute approximate surface area is 157 Å². The topological polar surface area (TPSA) is 95.0 Å². The zero-order valence-corrected chi connectivity index (χ0v) is 15.7. The summed E-state index contributed by atoms with van der Waals surface area (Å²) in [6.45, 7) is 7.33. The summed E-state index contributed by atoms with van der Waals surface area (Å²) in [5, 5.41) is 14.7. The number of fused-ring (bicyclic) bond motifs is 1. The molecule has 1 N–H and O–H groups in total. The molecular weight excluding hydrogens is 346 g/mol. The van der Waals surface area contributed by atoms with Gasteiger partial charge in [-0.1, -0.05) is 13.8 Å². The van der Waals surface area contributed by atoms with E-state index < -0.39 is 4.92 Å². The van der Waals surface area contributed by atoms with E-state index in [9.17, 15) is 14.9 Å². The van der Waals surface area contributed by atoms with Crippen molar-refractivity contribution < 1.29 is 9.72 Å². The molecule has 2 heterocycles. The van der Waals surface area contributed by atoms with Gasteiger partial charge < -0.3 is 24.6 Å². The van der Waals surface area contributed by atoms with Gasteiger partial charge in [-0.3, -0.25) is 4.79 Å². The fourth-order valence-corrected chi connectivity index (χ4v) is 3.08. The van der Waals surface area contributed by atoms with Crippen LogP contribution in [0.3, 0.4) is 0 Å². The molecule has 1 aromatic carbocycles. The van der Waals surface area contributed by atoms with Crippen LogP contribution in [0.2, 0.25) is 0 Å². The van der Waals surface area contributed by atoms with Crippen molar-refractivity contribution >= 4 is 28.3 Å². The predicted molar refractivity (Wildman–Crippen MR) is 104 cm³/mol. The minimum Gasteiger partial charge on any atom is -0.358 e. The van der Waals surface area contributed by atoms with E-state index in [0.717, 1.165) is 23.1 Å². The van der Waals surface area contributed by atoms with Crippen molar-refractivity contribution in [1.82, 2.24) is 14.1 Å². The number of imidazole rings is 1. The van der Waals surface area contributed by atoms with Crippen LogP contribution in [0.15, 0.2) is 36.7 Å². The molecule has 0 aliphatic rings. The normalized spacial score (nSPS) is 11.3. The first-order valence-electron chi connectivity index (χ1n) is 8.90. The lowest BCUT2D eigenvalue weighted by Crippen LogP contribution is -2.14. The van der Waals surface area contributed by atoms with Gasteiger partial charge >= 0.3 is 5.82 Å². The second-order valence-corrected chi connectivity index (χ2v) is 7.03. The van der Waals surface area contributed by atoms with E-state index >= 15 is 0 Å². The molecule has 0 radical (unpaired) electrons. The van der Waals surface area contributed by atoms with Crippen LogP contribution in [0.5, 0.6) is 0 Å². The van der Waals surface area contributed by atoms with E-state index in [1.807, 2.05) is 24.3 Å². The first-order valence-corrected chi connectivity index (χ1v) is 8.90. The summed E-state index contributed by atoms with van der Waals surface area (Å²) in [6.07, 6.45) is 3.62. The smallest absolute Gasteiger partial charge is 0.358 e. The van der Waals surface area contributed by atoms with Crippen LogP contribution in [0, 0.1) is 23.0 Å². The number of amides is 1. The molecular formula is C19H23N5O3. The molecule has 0 bridgehead atoms. The minimum absolute atomic E-state index is 0.147. The van der Waals surface area contributed by atoms with Gasteiger partial charge in [0.15, 0.2) is 0 Å². The highest BCUT2D eigenvalue weighted by molar-refractivity contribution is 5.93. The van der Waals surface area contributed by atoms with Crippen LogP contribution < -0.4 is 5.32 Å². The van der Waals surface area contributed by atoms with E-state index in [-0.39, 0.29) is 18.1 Å². The van der Waals surface area contributed by atoms with E-state index in [1.165, 1.54) is 6.20 Å². The molecule has 8 heteroatoms. The summed E-state index contributed by atoms with van der Waals surface area (Å²) < 4.78 is 3.83. The SMILES string of the molecule is Cc1nc([N+](=O)[O-])cn1CCC(=O)Nc1ccc2c(ccn2CC(C)C)c1. The summed E-state index contributed by atoms with van der Waals surface area (Å²) >= 11 is 0. The van der Waals surface area contributed by atoms with Crippen LogP contribution in [0.25, 0.3) is 10.9 Å². The van der Waals surface area contributed by atoms with Gasteiger partial charge in [0, 0.05) is 49.2 Å². The van der Waals surface area contributed by atoms with Crippen molar-refractivity contribution in [1.29, 1.82) is 0 Å². The molecule has 0 aliphatic heterocycles. The van der Waals surface area contributed by atoms with E-state index in [4.69, 9.17) is 0 Å². The monoisotopic (exact) mass is 369 g/mol. The maximum atomic E-state index is 12.2. The Kier molecular flexibility index (Phi) is 5.25. The Hall–Kier alpha value is -3.16. The number of aromatic nitrogens is 3. The van der Waals surface area contributed by atoms with Crippen molar-refractivity contribution in [2.24, 2.45) is 5.92 Å². The number of hydrogen-bond donors (Lipinski definition) is 1. The van der Waals surface area contributed by atoms with Gasteiger partial charge in [-0.25, -0.2) is 0 Å². The van der Waals surface area contributed by atoms with Gasteiger partial charge in [-0.15, -0.1) is 0 Å². The first kappa shape index (κ1) is 18.6. The largest absolute Gasteiger partial charge is 0.381 e. The molecule has 0 aliphatic carbocycles. The number of carbonyl (C=O) groups excluding carboxylic acids is 1. The lowest BCUT2D eigenvalue weighted by molar-refractivity contribution is -0.389. The number of rotatable bonds is 7. The Balaban J connectivity index is 1.63. The lowest BCUT2D eigenvalue weighted by atomic mass is 10.2. The molecule has 3 aromatic rings. The van der Waals surface area contributed by atoms with Crippen LogP contribution in [-0.2, 0) is 17.9 Å². The third kappa shape index (κ3) is 4.33. The zero-order valence-electron chi connectivity index (χ0n) is 15.7. The molecule has 2 aromatic heterocycles. The first-order chi connectivity index (χ1) is 12.8. The van der Waals surface area contributed by atoms with Gasteiger partial charge in [0.25, 0.3) is 0 Å². The number of benzene rings is 1. The summed E-state index contributed by atoms with van der Waals surface area (Å²) in [5.41, 5.74) is 1.88. The van der Waals surface area contributed by atoms with Crippen LogP contribution in [-0.4, -0.2) is 24.9 Å². The lowest BCUT2D eigenvalue weighted by Gasteiger charge is -2.09. The molecule has 0 fully saturated rings. The predicted octanol–water partition coefficient (Wildman–Crippen LogP) is 3.74. The second-order valence-electron chi connectivity index (χ2n) is 7.03. The number of anilines is 1. The summed E-state index contributed by atoms with van der Waals surface area (Å²) in [7, 11) is 0. The van der Waals surface area contributed by atoms with Gasteiger partial charge in [-0.05, 0) is 40.1 Å². The molecule has 142 valence electrons. The highest BCUT2D eigenvalue weighted by Gasteiger charge is 2.15. The Morgan fingerprint density at radius 2 is 2.07 bits per heavy atom. The molecule has 0 saturated carbocycles. The molecule has 0 saturated heterocycles. The standard InChI is InChI=1S/C19H23N5O3/c1-13(2)11-23-8-6-15-10-16(4-5-17(15)23)21-19(25)7-9-22-12-18(24(26)27)20-14(22)3/h4-6,8,10,12-13H,7,9,11H2,1-3H3,(H,21,25). The summed E-state index contributed by atoms with van der Waals surface area (Å²) in [4.78, 5) is 26.3. The van der Waals surface area contributed by atoms with Gasteiger partial charge in [0.05, 0.1) is 0 Å². The molecule has 0 unspecified atom stereocenters. The molecule has 27 heavy (non-hydrogen) atoms. The number of carbonyl (C=O) groups is 1. The quantitative estimate of drug-likeness (QED) is 0.507. The molecule has 0 spiro atoms. The highest BCUT2D eigenvalue weighted by atomic mass is 16.6. The molecule has 1 amide bonds. The van der Waals surface area contributed by atoms with Crippen LogP contribution in [0.4, 0.5) is 11.5 Å². The van der Waals surface area contributed by atoms with Crippen molar-refractivity contribution in [2.45, 2.75) is 40.3 Å². The van der Waals surface area contributed by atoms with Crippen molar-refractivity contribution in [3.8, 4) is 0 Å². The fraction of sp³-hybridized carbons (Fsp3) is 0.368. The Morgan fingerprint density at radius 1 is 1.30 bits per heavy atom. The summed E-state index contributed by atoms with van der Waals surface area (Å²) in [6, 6.07) is 7.90. The summed E-state index contributed by atoms with van der Waals surface area (Å²) in [5.74, 6) is 0.723. The number of aryl methyl sites for hydroxylation is 2. The number of nitrogens with zero attached hydrogens (tertiary/aromatic N) is 4. The number of hydrogen-bond acceptors (Lipinski definition) is 4. The van der Waals surface area contributed by atoms with Gasteiger partial charge in [0.1, 0.15) is 6.20 Å². The third-order valence-electron chi connectivity index (χ3n) is 4.35. The van der Waals surface area contributed by atoms with Crippen molar-refractivity contribution in [3.63, 3.8) is 0 Å². The molecule has 0 atom stereocenters. The van der Waals surface area contributed by atoms with E-state index in [0.29, 0.717) is 18.3 Å². The maximum absolute atomic E-state index is 12.2. The third-order valence-corrected chi connectivity index (χ3v) is 4.35. The highest BCUT2D eigenvalue weighted by Crippen LogP contribution is 2.22. The van der Waals surface area contributed by atoms with Crippen LogP contribution >= 0.6 is 0 Å². The second kappa shape index (κ2) is 7.61. The average Bonchev–Trinajstić information content (AvgIpc) is 3.16.